The number of hydrogen-bond donors (Lipinski definition) is 1. The minimum Gasteiger partial charge on any atom is -0.462 e. The van der Waals surface area contributed by atoms with Crippen molar-refractivity contribution in [3.8, 4) is 0 Å². The van der Waals surface area contributed by atoms with Gasteiger partial charge >= 0.3 is 5.97 Å². The van der Waals surface area contributed by atoms with Gasteiger partial charge in [-0.25, -0.2) is 0 Å². The zero-order valence-corrected chi connectivity index (χ0v) is 9.64. The van der Waals surface area contributed by atoms with Crippen molar-refractivity contribution < 1.29 is 14.6 Å². The highest BCUT2D eigenvalue weighted by Gasteiger charge is 2.40. The van der Waals surface area contributed by atoms with Crippen LogP contribution >= 0.6 is 0 Å². The Hall–Kier alpha value is -0.830. The summed E-state index contributed by atoms with van der Waals surface area (Å²) in [5, 5.41) is 9.85. The molecule has 0 radical (unpaired) electrons. The van der Waals surface area contributed by atoms with Crippen LogP contribution in [0.5, 0.6) is 0 Å². The zero-order chi connectivity index (χ0) is 11.6. The topological polar surface area (TPSA) is 46.5 Å². The number of aliphatic hydroxyl groups excluding tert-OH is 1. The first kappa shape index (κ1) is 12.2. The Balaban J connectivity index is 2.66. The van der Waals surface area contributed by atoms with Gasteiger partial charge in [-0.3, -0.25) is 4.79 Å². The van der Waals surface area contributed by atoms with Crippen LogP contribution in [0.15, 0.2) is 12.7 Å². The summed E-state index contributed by atoms with van der Waals surface area (Å²) in [5.74, 6) is -0.400. The molecule has 1 fully saturated rings. The fourth-order valence-electron chi connectivity index (χ4n) is 1.90. The average Bonchev–Trinajstić information content (AvgIpc) is 2.22. The van der Waals surface area contributed by atoms with Crippen molar-refractivity contribution in [2.75, 3.05) is 0 Å². The van der Waals surface area contributed by atoms with Crippen molar-refractivity contribution in [3.05, 3.63) is 12.7 Å². The van der Waals surface area contributed by atoms with Crippen molar-refractivity contribution >= 4 is 5.97 Å². The lowest BCUT2D eigenvalue weighted by Gasteiger charge is -2.37. The number of esters is 1. The number of allylic oxidation sites excluding steroid dienone is 1. The number of cyclic esters (lactones) is 1. The molecule has 5 atom stereocenters. The third-order valence-electron chi connectivity index (χ3n) is 3.28. The number of rotatable bonds is 3. The van der Waals surface area contributed by atoms with Crippen LogP contribution < -0.4 is 0 Å². The third-order valence-corrected chi connectivity index (χ3v) is 3.28. The van der Waals surface area contributed by atoms with Crippen LogP contribution in [-0.2, 0) is 9.53 Å². The van der Waals surface area contributed by atoms with Crippen molar-refractivity contribution in [3.63, 3.8) is 0 Å². The molecule has 1 aliphatic heterocycles. The Morgan fingerprint density at radius 3 is 2.73 bits per heavy atom. The molecule has 0 saturated carbocycles. The van der Waals surface area contributed by atoms with E-state index in [1.807, 2.05) is 19.9 Å². The van der Waals surface area contributed by atoms with Crippen LogP contribution in [0.2, 0.25) is 0 Å². The van der Waals surface area contributed by atoms with E-state index in [0.717, 1.165) is 6.42 Å². The average molecular weight is 212 g/mol. The second-order valence-corrected chi connectivity index (χ2v) is 4.56. The molecule has 1 rings (SSSR count). The SMILES string of the molecule is C=C[C@@H](C)C[C@@H]1OC(=O)[C@H](C)[C@@H](O)[C@H]1C. The van der Waals surface area contributed by atoms with Crippen LogP contribution in [0.3, 0.4) is 0 Å². The summed E-state index contributed by atoms with van der Waals surface area (Å²) in [6.07, 6.45) is 1.80. The maximum atomic E-state index is 11.4. The van der Waals surface area contributed by atoms with Crippen molar-refractivity contribution in [1.29, 1.82) is 0 Å². The molecule has 0 unspecified atom stereocenters. The monoisotopic (exact) mass is 212 g/mol. The molecule has 15 heavy (non-hydrogen) atoms. The number of hydrogen-bond acceptors (Lipinski definition) is 3. The molecule has 0 bridgehead atoms. The Morgan fingerprint density at radius 1 is 1.60 bits per heavy atom. The van der Waals surface area contributed by atoms with E-state index >= 15 is 0 Å². The lowest BCUT2D eigenvalue weighted by molar-refractivity contribution is -0.178. The van der Waals surface area contributed by atoms with Gasteiger partial charge in [0.2, 0.25) is 0 Å². The van der Waals surface area contributed by atoms with Crippen LogP contribution in [0, 0.1) is 17.8 Å². The van der Waals surface area contributed by atoms with Crippen LogP contribution in [0.4, 0.5) is 0 Å². The molecule has 1 aliphatic rings. The van der Waals surface area contributed by atoms with Gasteiger partial charge in [0.15, 0.2) is 0 Å². The maximum absolute atomic E-state index is 11.4. The number of aliphatic hydroxyl groups is 1. The van der Waals surface area contributed by atoms with E-state index in [4.69, 9.17) is 4.74 Å². The molecule has 3 nitrogen and oxygen atoms in total. The molecule has 1 N–H and O–H groups in total. The highest BCUT2D eigenvalue weighted by molar-refractivity contribution is 5.73. The van der Waals surface area contributed by atoms with E-state index in [0.29, 0.717) is 5.92 Å². The van der Waals surface area contributed by atoms with Crippen molar-refractivity contribution in [2.45, 2.75) is 39.4 Å². The first-order valence-corrected chi connectivity index (χ1v) is 5.48. The first-order chi connectivity index (χ1) is 6.97. The number of carbonyl (C=O) groups is 1. The molecule has 1 heterocycles. The summed E-state index contributed by atoms with van der Waals surface area (Å²) in [5.41, 5.74) is 0. The molecule has 0 aliphatic carbocycles. The first-order valence-electron chi connectivity index (χ1n) is 5.48. The lowest BCUT2D eigenvalue weighted by Crippen LogP contribution is -2.47. The van der Waals surface area contributed by atoms with E-state index in [1.54, 1.807) is 6.92 Å². The van der Waals surface area contributed by atoms with Gasteiger partial charge in [-0.1, -0.05) is 19.9 Å². The molecular weight excluding hydrogens is 192 g/mol. The normalized spacial score (nSPS) is 38.3. The second-order valence-electron chi connectivity index (χ2n) is 4.56. The molecular formula is C12H20O3. The minimum atomic E-state index is -0.590. The van der Waals surface area contributed by atoms with E-state index in [9.17, 15) is 9.90 Å². The molecule has 0 amide bonds. The smallest absolute Gasteiger partial charge is 0.311 e. The number of carbonyl (C=O) groups excluding carboxylic acids is 1. The molecule has 86 valence electrons. The zero-order valence-electron chi connectivity index (χ0n) is 9.64. The molecule has 3 heteroatoms. The predicted molar refractivity (Wildman–Crippen MR) is 58.2 cm³/mol. The molecule has 0 aromatic rings. The van der Waals surface area contributed by atoms with Crippen molar-refractivity contribution in [1.82, 2.24) is 0 Å². The van der Waals surface area contributed by atoms with Gasteiger partial charge in [0.25, 0.3) is 0 Å². The van der Waals surface area contributed by atoms with Gasteiger partial charge in [0, 0.05) is 5.92 Å². The van der Waals surface area contributed by atoms with E-state index in [2.05, 4.69) is 6.58 Å². The summed E-state index contributed by atoms with van der Waals surface area (Å²) in [6.45, 7) is 9.36. The summed E-state index contributed by atoms with van der Waals surface area (Å²) >= 11 is 0. The van der Waals surface area contributed by atoms with Crippen LogP contribution in [0.25, 0.3) is 0 Å². The maximum Gasteiger partial charge on any atom is 0.311 e. The summed E-state index contributed by atoms with van der Waals surface area (Å²) in [6, 6.07) is 0. The van der Waals surface area contributed by atoms with Crippen molar-refractivity contribution in [2.24, 2.45) is 17.8 Å². The van der Waals surface area contributed by atoms with Gasteiger partial charge in [-0.15, -0.1) is 6.58 Å². The summed E-state index contributed by atoms with van der Waals surface area (Å²) in [7, 11) is 0. The lowest BCUT2D eigenvalue weighted by atomic mass is 9.83. The van der Waals surface area contributed by atoms with Gasteiger partial charge in [0.05, 0.1) is 12.0 Å². The Bertz CT molecular complexity index is 249. The molecule has 0 aromatic heterocycles. The van der Waals surface area contributed by atoms with E-state index in [1.165, 1.54) is 0 Å². The second kappa shape index (κ2) is 4.79. The fourth-order valence-corrected chi connectivity index (χ4v) is 1.90. The molecule has 0 spiro atoms. The van der Waals surface area contributed by atoms with Gasteiger partial charge in [-0.2, -0.15) is 0 Å². The largest absolute Gasteiger partial charge is 0.462 e. The molecule has 1 saturated heterocycles. The van der Waals surface area contributed by atoms with E-state index in [-0.39, 0.29) is 18.0 Å². The van der Waals surface area contributed by atoms with Gasteiger partial charge in [-0.05, 0) is 19.3 Å². The molecule has 0 aromatic carbocycles. The quantitative estimate of drug-likeness (QED) is 0.572. The third kappa shape index (κ3) is 2.59. The summed E-state index contributed by atoms with van der Waals surface area (Å²) in [4.78, 5) is 11.4. The highest BCUT2D eigenvalue weighted by Crippen LogP contribution is 2.29. The number of ether oxygens (including phenoxy) is 1. The van der Waals surface area contributed by atoms with Crippen LogP contribution in [-0.4, -0.2) is 23.3 Å². The van der Waals surface area contributed by atoms with E-state index < -0.39 is 12.0 Å². The highest BCUT2D eigenvalue weighted by atomic mass is 16.5. The van der Waals surface area contributed by atoms with Gasteiger partial charge < -0.3 is 9.84 Å². The fraction of sp³-hybridized carbons (Fsp3) is 0.750. The van der Waals surface area contributed by atoms with Gasteiger partial charge in [0.1, 0.15) is 6.10 Å². The minimum absolute atomic E-state index is 0.0000926. The Morgan fingerprint density at radius 2 is 2.20 bits per heavy atom. The van der Waals surface area contributed by atoms with Crippen LogP contribution in [0.1, 0.15) is 27.2 Å². The Kier molecular flexibility index (Phi) is 3.91. The predicted octanol–water partition coefficient (Wildman–Crippen LogP) is 1.76. The standard InChI is InChI=1S/C12H20O3/c1-5-7(2)6-10-8(3)11(13)9(4)12(14)15-10/h5,7-11,13H,1,6H2,2-4H3/t7-,8+,9-,10+,11+/m1/s1. The Labute approximate surface area is 91.1 Å². The summed E-state index contributed by atoms with van der Waals surface area (Å²) < 4.78 is 5.31.